The summed E-state index contributed by atoms with van der Waals surface area (Å²) in [5.41, 5.74) is 0.131. The lowest BCUT2D eigenvalue weighted by atomic mass is 10.1. The highest BCUT2D eigenvalue weighted by Crippen LogP contribution is 2.29. The van der Waals surface area contributed by atoms with Crippen LogP contribution >= 0.6 is 11.8 Å². The summed E-state index contributed by atoms with van der Waals surface area (Å²) >= 11 is 1.14. The molecule has 1 aromatic carbocycles. The van der Waals surface area contributed by atoms with Crippen LogP contribution in [0.5, 0.6) is 0 Å². The maximum absolute atomic E-state index is 12.4. The monoisotopic (exact) mass is 311 g/mol. The molecule has 2 rings (SSSR count). The van der Waals surface area contributed by atoms with Crippen molar-refractivity contribution < 1.29 is 18.0 Å². The van der Waals surface area contributed by atoms with Crippen molar-refractivity contribution >= 4 is 17.5 Å². The first kappa shape index (κ1) is 15.6. The van der Waals surface area contributed by atoms with Gasteiger partial charge in [-0.2, -0.15) is 13.2 Å². The van der Waals surface area contributed by atoms with E-state index in [-0.39, 0.29) is 11.5 Å². The van der Waals surface area contributed by atoms with E-state index in [0.717, 1.165) is 29.6 Å². The van der Waals surface area contributed by atoms with E-state index in [2.05, 4.69) is 4.98 Å². The van der Waals surface area contributed by atoms with Gasteiger partial charge in [-0.15, -0.1) is 0 Å². The molecule has 0 amide bonds. The number of alkyl halides is 3. The van der Waals surface area contributed by atoms with Crippen LogP contribution in [0.4, 0.5) is 13.2 Å². The third-order valence-corrected chi connectivity index (χ3v) is 3.69. The number of carbonyl (C=O) groups is 1. The molecular formula is C15H12F3NOS. The first-order valence-corrected chi connectivity index (χ1v) is 7.15. The van der Waals surface area contributed by atoms with Gasteiger partial charge in [0.15, 0.2) is 0 Å². The van der Waals surface area contributed by atoms with Crippen LogP contribution in [0.25, 0.3) is 0 Å². The first-order valence-electron chi connectivity index (χ1n) is 6.17. The van der Waals surface area contributed by atoms with Gasteiger partial charge in [-0.3, -0.25) is 4.79 Å². The molecule has 21 heavy (non-hydrogen) atoms. The van der Waals surface area contributed by atoms with E-state index >= 15 is 0 Å². The van der Waals surface area contributed by atoms with Gasteiger partial charge in [0, 0.05) is 12.6 Å². The van der Waals surface area contributed by atoms with E-state index in [1.165, 1.54) is 6.07 Å². The Kier molecular flexibility index (Phi) is 5.01. The van der Waals surface area contributed by atoms with E-state index in [4.69, 9.17) is 0 Å². The smallest absolute Gasteiger partial charge is 0.298 e. The van der Waals surface area contributed by atoms with Crippen molar-refractivity contribution in [3.8, 4) is 0 Å². The highest BCUT2D eigenvalue weighted by atomic mass is 32.2. The maximum Gasteiger partial charge on any atom is 0.417 e. The number of ketones is 1. The molecule has 0 N–H and O–H groups in total. The highest BCUT2D eigenvalue weighted by molar-refractivity contribution is 7.99. The fourth-order valence-electron chi connectivity index (χ4n) is 1.66. The second-order valence-electron chi connectivity index (χ2n) is 4.37. The molecule has 0 saturated heterocycles. The lowest BCUT2D eigenvalue weighted by Crippen LogP contribution is -2.07. The molecule has 1 heterocycles. The zero-order chi connectivity index (χ0) is 15.3. The lowest BCUT2D eigenvalue weighted by molar-refractivity contribution is -0.137. The van der Waals surface area contributed by atoms with Gasteiger partial charge in [0.2, 0.25) is 0 Å². The molecule has 0 bridgehead atoms. The average molecular weight is 311 g/mol. The van der Waals surface area contributed by atoms with Crippen LogP contribution in [0.3, 0.4) is 0 Å². The van der Waals surface area contributed by atoms with Gasteiger partial charge in [-0.1, -0.05) is 42.1 Å². The van der Waals surface area contributed by atoms with E-state index in [1.807, 2.05) is 30.3 Å². The molecule has 0 atom stereocenters. The number of hydrogen-bond acceptors (Lipinski definition) is 3. The zero-order valence-electron chi connectivity index (χ0n) is 10.9. The molecule has 2 aromatic rings. The quantitative estimate of drug-likeness (QED) is 0.782. The Balaban J connectivity index is 1.87. The molecule has 110 valence electrons. The zero-order valence-corrected chi connectivity index (χ0v) is 11.7. The molecule has 0 aliphatic heterocycles. The Morgan fingerprint density at radius 2 is 1.81 bits per heavy atom. The number of pyridine rings is 1. The van der Waals surface area contributed by atoms with Crippen LogP contribution < -0.4 is 0 Å². The summed E-state index contributed by atoms with van der Waals surface area (Å²) in [6.45, 7) is 0. The van der Waals surface area contributed by atoms with Crippen LogP contribution in [0.1, 0.15) is 11.1 Å². The minimum atomic E-state index is -4.39. The number of halogens is 3. The Labute approximate surface area is 124 Å². The summed E-state index contributed by atoms with van der Waals surface area (Å²) in [7, 11) is 0. The number of benzene rings is 1. The second kappa shape index (κ2) is 6.76. The largest absolute Gasteiger partial charge is 0.417 e. The van der Waals surface area contributed by atoms with E-state index < -0.39 is 11.7 Å². The van der Waals surface area contributed by atoms with Gasteiger partial charge in [-0.25, -0.2) is 4.98 Å². The van der Waals surface area contributed by atoms with Gasteiger partial charge < -0.3 is 0 Å². The summed E-state index contributed by atoms with van der Waals surface area (Å²) in [5, 5.41) is 0.407. The third kappa shape index (κ3) is 4.90. The minimum absolute atomic E-state index is 0.00731. The molecule has 0 aliphatic carbocycles. The van der Waals surface area contributed by atoms with E-state index in [9.17, 15) is 18.0 Å². The SMILES string of the molecule is O=C(CSc1ccc(C(F)(F)F)cn1)Cc1ccccc1. The number of thioether (sulfide) groups is 1. The van der Waals surface area contributed by atoms with Crippen LogP contribution in [0.15, 0.2) is 53.7 Å². The van der Waals surface area contributed by atoms with E-state index in [1.54, 1.807) is 0 Å². The van der Waals surface area contributed by atoms with Crippen LogP contribution in [0.2, 0.25) is 0 Å². The lowest BCUT2D eigenvalue weighted by Gasteiger charge is -2.06. The molecule has 2 nitrogen and oxygen atoms in total. The van der Waals surface area contributed by atoms with Crippen molar-refractivity contribution in [2.45, 2.75) is 17.6 Å². The number of aromatic nitrogens is 1. The normalized spacial score (nSPS) is 11.4. The predicted octanol–water partition coefficient (Wildman–Crippen LogP) is 4.00. The molecule has 6 heteroatoms. The number of Topliss-reactive ketones (excluding diaryl/α,β-unsaturated/α-hetero) is 1. The third-order valence-electron chi connectivity index (χ3n) is 2.69. The van der Waals surface area contributed by atoms with Crippen molar-refractivity contribution in [3.63, 3.8) is 0 Å². The Morgan fingerprint density at radius 1 is 1.10 bits per heavy atom. The van der Waals surface area contributed by atoms with Crippen molar-refractivity contribution in [1.82, 2.24) is 4.98 Å². The first-order chi connectivity index (χ1) is 9.95. The maximum atomic E-state index is 12.4. The predicted molar refractivity (Wildman–Crippen MR) is 75.1 cm³/mol. The molecule has 0 radical (unpaired) electrons. The summed E-state index contributed by atoms with van der Waals surface area (Å²) in [6.07, 6.45) is -3.29. The summed E-state index contributed by atoms with van der Waals surface area (Å²) < 4.78 is 37.1. The topological polar surface area (TPSA) is 30.0 Å². The van der Waals surface area contributed by atoms with Crippen molar-refractivity contribution in [2.24, 2.45) is 0 Å². The highest BCUT2D eigenvalue weighted by Gasteiger charge is 2.30. The van der Waals surface area contributed by atoms with Crippen molar-refractivity contribution in [2.75, 3.05) is 5.75 Å². The minimum Gasteiger partial charge on any atom is -0.298 e. The molecule has 0 fully saturated rings. The van der Waals surface area contributed by atoms with Gasteiger partial charge >= 0.3 is 6.18 Å². The molecule has 0 saturated carbocycles. The summed E-state index contributed by atoms with van der Waals surface area (Å²) in [5.74, 6) is 0.195. The molecular weight excluding hydrogens is 299 g/mol. The Bertz CT molecular complexity index is 597. The Hall–Kier alpha value is -1.82. The average Bonchev–Trinajstić information content (AvgIpc) is 2.46. The molecule has 1 aromatic heterocycles. The van der Waals surface area contributed by atoms with Gasteiger partial charge in [-0.05, 0) is 17.7 Å². The van der Waals surface area contributed by atoms with E-state index in [0.29, 0.717) is 11.4 Å². The fraction of sp³-hybridized carbons (Fsp3) is 0.200. The number of hydrogen-bond donors (Lipinski definition) is 0. The van der Waals surface area contributed by atoms with Crippen LogP contribution in [0, 0.1) is 0 Å². The molecule has 0 spiro atoms. The summed E-state index contributed by atoms with van der Waals surface area (Å²) in [6, 6.07) is 11.5. The van der Waals surface area contributed by atoms with Crippen LogP contribution in [-0.2, 0) is 17.4 Å². The number of rotatable bonds is 5. The Morgan fingerprint density at radius 3 is 2.38 bits per heavy atom. The second-order valence-corrected chi connectivity index (χ2v) is 5.37. The standard InChI is InChI=1S/C15H12F3NOS/c16-15(17,18)12-6-7-14(19-9-12)21-10-13(20)8-11-4-2-1-3-5-11/h1-7,9H,8,10H2. The summed E-state index contributed by atoms with van der Waals surface area (Å²) in [4.78, 5) is 15.5. The van der Waals surface area contributed by atoms with Crippen LogP contribution in [-0.4, -0.2) is 16.5 Å². The van der Waals surface area contributed by atoms with Gasteiger partial charge in [0.25, 0.3) is 0 Å². The van der Waals surface area contributed by atoms with Gasteiger partial charge in [0.1, 0.15) is 5.78 Å². The fourth-order valence-corrected chi connectivity index (χ4v) is 2.36. The number of nitrogens with zero attached hydrogens (tertiary/aromatic N) is 1. The number of carbonyl (C=O) groups excluding carboxylic acids is 1. The van der Waals surface area contributed by atoms with Crippen molar-refractivity contribution in [1.29, 1.82) is 0 Å². The molecule has 0 aliphatic rings. The van der Waals surface area contributed by atoms with Crippen molar-refractivity contribution in [3.05, 3.63) is 59.8 Å². The molecule has 0 unspecified atom stereocenters. The van der Waals surface area contributed by atoms with Gasteiger partial charge in [0.05, 0.1) is 16.3 Å².